The molecule has 7 nitrogen and oxygen atoms in total. The zero-order chi connectivity index (χ0) is 15.8. The number of aliphatic hydroxyl groups is 1. The summed E-state index contributed by atoms with van der Waals surface area (Å²) in [4.78, 5) is 10.8. The molecule has 21 heavy (non-hydrogen) atoms. The molecule has 0 fully saturated rings. The molecule has 0 saturated heterocycles. The number of nitrogens with zero attached hydrogens (tertiary/aromatic N) is 3. The van der Waals surface area contributed by atoms with E-state index in [9.17, 15) is 15.2 Å². The number of rotatable bonds is 10. The van der Waals surface area contributed by atoms with E-state index < -0.39 is 6.10 Å². The van der Waals surface area contributed by atoms with Crippen molar-refractivity contribution in [2.45, 2.75) is 59.1 Å². The maximum absolute atomic E-state index is 11.2. The molecule has 1 atom stereocenters. The summed E-state index contributed by atoms with van der Waals surface area (Å²) < 4.78 is 6.91. The Hall–Kier alpha value is -1.47. The highest BCUT2D eigenvalue weighted by molar-refractivity contribution is 5.41. The van der Waals surface area contributed by atoms with Crippen LogP contribution >= 0.6 is 0 Å². The van der Waals surface area contributed by atoms with Gasteiger partial charge in [-0.2, -0.15) is 5.10 Å². The minimum atomic E-state index is -0.712. The van der Waals surface area contributed by atoms with Gasteiger partial charge in [0, 0.05) is 6.61 Å². The van der Waals surface area contributed by atoms with Crippen molar-refractivity contribution < 1.29 is 14.8 Å². The van der Waals surface area contributed by atoms with Gasteiger partial charge in [0.15, 0.2) is 0 Å². The van der Waals surface area contributed by atoms with Gasteiger partial charge in [0.1, 0.15) is 11.4 Å². The summed E-state index contributed by atoms with van der Waals surface area (Å²) in [6.45, 7) is 6.82. The van der Waals surface area contributed by atoms with Gasteiger partial charge in [0.2, 0.25) is 0 Å². The Bertz CT molecular complexity index is 459. The number of hydrogen-bond donors (Lipinski definition) is 1. The van der Waals surface area contributed by atoms with Gasteiger partial charge in [-0.1, -0.05) is 27.2 Å². The van der Waals surface area contributed by atoms with Crippen LogP contribution in [0, 0.1) is 10.1 Å². The van der Waals surface area contributed by atoms with E-state index in [2.05, 4.69) is 12.0 Å². The molecular weight excluding hydrogens is 274 g/mol. The summed E-state index contributed by atoms with van der Waals surface area (Å²) >= 11 is 0. The largest absolute Gasteiger partial charge is 0.389 e. The van der Waals surface area contributed by atoms with Crippen molar-refractivity contribution in [2.24, 2.45) is 0 Å². The monoisotopic (exact) mass is 299 g/mol. The van der Waals surface area contributed by atoms with Gasteiger partial charge in [0.05, 0.1) is 24.2 Å². The molecule has 0 amide bonds. The summed E-state index contributed by atoms with van der Waals surface area (Å²) in [6, 6.07) is 0. The fraction of sp³-hybridized carbons (Fsp3) is 0.786. The van der Waals surface area contributed by atoms with Crippen molar-refractivity contribution in [2.75, 3.05) is 13.2 Å². The molecule has 1 aromatic rings. The predicted octanol–water partition coefficient (Wildman–Crippen LogP) is 2.09. The summed E-state index contributed by atoms with van der Waals surface area (Å²) in [5.41, 5.74) is 1.11. The number of aromatic nitrogens is 2. The van der Waals surface area contributed by atoms with Gasteiger partial charge in [-0.3, -0.25) is 14.8 Å². The minimum absolute atomic E-state index is 0.0825. The maximum atomic E-state index is 11.2. The summed E-state index contributed by atoms with van der Waals surface area (Å²) in [6.07, 6.45) is 2.30. The Labute approximate surface area is 125 Å². The molecule has 7 heteroatoms. The Kier molecular flexibility index (Phi) is 7.31. The number of ether oxygens (including phenoxy) is 1. The van der Waals surface area contributed by atoms with Crippen LogP contribution in [0.1, 0.15) is 45.0 Å². The summed E-state index contributed by atoms with van der Waals surface area (Å²) in [5, 5.41) is 25.4. The zero-order valence-corrected chi connectivity index (χ0v) is 13.0. The van der Waals surface area contributed by atoms with E-state index in [1.165, 1.54) is 0 Å². The van der Waals surface area contributed by atoms with Gasteiger partial charge >= 0.3 is 5.69 Å². The van der Waals surface area contributed by atoms with Gasteiger partial charge in [-0.25, -0.2) is 0 Å². The third-order valence-corrected chi connectivity index (χ3v) is 3.29. The number of nitro groups is 1. The Balaban J connectivity index is 2.76. The lowest BCUT2D eigenvalue weighted by molar-refractivity contribution is -0.386. The molecule has 0 aliphatic heterocycles. The van der Waals surface area contributed by atoms with Crippen molar-refractivity contribution in [3.63, 3.8) is 0 Å². The van der Waals surface area contributed by atoms with Crippen molar-refractivity contribution in [3.05, 3.63) is 21.5 Å². The molecule has 1 aromatic heterocycles. The summed E-state index contributed by atoms with van der Waals surface area (Å²) in [5.74, 6) is 0. The number of aryl methyl sites for hydroxylation is 1. The first-order valence-electron chi connectivity index (χ1n) is 7.53. The highest BCUT2D eigenvalue weighted by Crippen LogP contribution is 2.24. The molecule has 0 aliphatic rings. The second kappa shape index (κ2) is 8.74. The molecule has 1 unspecified atom stereocenters. The van der Waals surface area contributed by atoms with Crippen LogP contribution in [-0.4, -0.2) is 39.1 Å². The first-order valence-corrected chi connectivity index (χ1v) is 7.53. The number of unbranched alkanes of at least 4 members (excludes halogenated alkanes) is 1. The smallest absolute Gasteiger partial charge is 0.313 e. The van der Waals surface area contributed by atoms with Crippen LogP contribution in [0.2, 0.25) is 0 Å². The van der Waals surface area contributed by atoms with Gasteiger partial charge < -0.3 is 9.84 Å². The lowest BCUT2D eigenvalue weighted by Gasteiger charge is -2.12. The second-order valence-corrected chi connectivity index (χ2v) is 4.97. The van der Waals surface area contributed by atoms with Crippen LogP contribution in [0.3, 0.4) is 0 Å². The normalized spacial score (nSPS) is 12.6. The average Bonchev–Trinajstić information content (AvgIpc) is 2.81. The fourth-order valence-electron chi connectivity index (χ4n) is 2.21. The Morgan fingerprint density at radius 3 is 2.62 bits per heavy atom. The quantitative estimate of drug-likeness (QED) is 0.406. The average molecular weight is 299 g/mol. The van der Waals surface area contributed by atoms with E-state index in [1.54, 1.807) is 4.68 Å². The van der Waals surface area contributed by atoms with Crippen LogP contribution in [-0.2, 0) is 24.1 Å². The van der Waals surface area contributed by atoms with Crippen molar-refractivity contribution in [3.8, 4) is 0 Å². The molecule has 1 N–H and O–H groups in total. The third-order valence-electron chi connectivity index (χ3n) is 3.29. The lowest BCUT2D eigenvalue weighted by atomic mass is 10.2. The molecule has 1 rings (SSSR count). The highest BCUT2D eigenvalue weighted by Gasteiger charge is 2.26. The maximum Gasteiger partial charge on any atom is 0.313 e. The van der Waals surface area contributed by atoms with Crippen molar-refractivity contribution in [1.82, 2.24) is 9.78 Å². The molecule has 0 radical (unpaired) electrons. The molecule has 0 spiro atoms. The van der Waals surface area contributed by atoms with Crippen LogP contribution < -0.4 is 0 Å². The molecule has 1 heterocycles. The third kappa shape index (κ3) is 4.78. The first kappa shape index (κ1) is 17.6. The van der Waals surface area contributed by atoms with E-state index in [4.69, 9.17) is 4.74 Å². The Morgan fingerprint density at radius 1 is 1.38 bits per heavy atom. The fourth-order valence-corrected chi connectivity index (χ4v) is 2.21. The van der Waals surface area contributed by atoms with E-state index in [0.717, 1.165) is 12.8 Å². The number of aliphatic hydroxyl groups excluding tert-OH is 1. The first-order chi connectivity index (χ1) is 10.0. The van der Waals surface area contributed by atoms with Crippen LogP contribution in [0.4, 0.5) is 5.69 Å². The SMILES string of the molecule is CCCCOCC(O)Cn1nc(CC)c([N+](=O)[O-])c1CC. The zero-order valence-electron chi connectivity index (χ0n) is 13.0. The minimum Gasteiger partial charge on any atom is -0.389 e. The molecular formula is C14H25N3O4. The van der Waals surface area contributed by atoms with Crippen LogP contribution in [0.15, 0.2) is 0 Å². The number of hydrogen-bond acceptors (Lipinski definition) is 5. The second-order valence-electron chi connectivity index (χ2n) is 4.97. The molecule has 0 aromatic carbocycles. The van der Waals surface area contributed by atoms with E-state index in [1.807, 2.05) is 13.8 Å². The molecule has 0 aliphatic carbocycles. The van der Waals surface area contributed by atoms with E-state index in [0.29, 0.717) is 30.8 Å². The van der Waals surface area contributed by atoms with Gasteiger partial charge in [-0.15, -0.1) is 0 Å². The molecule has 120 valence electrons. The lowest BCUT2D eigenvalue weighted by Crippen LogP contribution is -2.24. The molecule has 0 bridgehead atoms. The van der Waals surface area contributed by atoms with Gasteiger partial charge in [-0.05, 0) is 19.3 Å². The van der Waals surface area contributed by atoms with Crippen LogP contribution in [0.25, 0.3) is 0 Å². The van der Waals surface area contributed by atoms with Gasteiger partial charge in [0.25, 0.3) is 0 Å². The standard InChI is InChI=1S/C14H25N3O4/c1-4-7-8-21-10-11(18)9-16-13(6-3)14(17(19)20)12(5-2)15-16/h11,18H,4-10H2,1-3H3. The Morgan fingerprint density at radius 2 is 2.10 bits per heavy atom. The highest BCUT2D eigenvalue weighted by atomic mass is 16.6. The van der Waals surface area contributed by atoms with E-state index >= 15 is 0 Å². The topological polar surface area (TPSA) is 90.4 Å². The van der Waals surface area contributed by atoms with Crippen molar-refractivity contribution in [1.29, 1.82) is 0 Å². The van der Waals surface area contributed by atoms with Crippen LogP contribution in [0.5, 0.6) is 0 Å². The summed E-state index contributed by atoms with van der Waals surface area (Å²) in [7, 11) is 0. The molecule has 0 saturated carbocycles. The van der Waals surface area contributed by atoms with Crippen molar-refractivity contribution >= 4 is 5.69 Å². The predicted molar refractivity (Wildman–Crippen MR) is 79.4 cm³/mol. The van der Waals surface area contributed by atoms with E-state index in [-0.39, 0.29) is 23.8 Å².